The second-order valence-corrected chi connectivity index (χ2v) is 3.84. The first-order chi connectivity index (χ1) is 8.58. The molecule has 5 heteroatoms. The maximum Gasteiger partial charge on any atom is 0.319 e. The molecule has 0 aliphatic rings. The van der Waals surface area contributed by atoms with Crippen molar-refractivity contribution in [3.8, 4) is 11.5 Å². The number of aromatic hydroxyl groups is 1. The van der Waals surface area contributed by atoms with E-state index in [1.165, 1.54) is 7.11 Å². The summed E-state index contributed by atoms with van der Waals surface area (Å²) in [5.74, 6) is 0.228. The number of phenols is 1. The van der Waals surface area contributed by atoms with Gasteiger partial charge in [-0.15, -0.1) is 0 Å². The first-order valence-electron chi connectivity index (χ1n) is 5.84. The molecule has 0 radical (unpaired) electrons. The van der Waals surface area contributed by atoms with Gasteiger partial charge in [0.1, 0.15) is 0 Å². The summed E-state index contributed by atoms with van der Waals surface area (Å²) >= 11 is 0. The van der Waals surface area contributed by atoms with Crippen LogP contribution in [0.1, 0.15) is 25.5 Å². The number of carbonyl (C=O) groups excluding carboxylic acids is 1. The van der Waals surface area contributed by atoms with Crippen LogP contribution in [-0.2, 0) is 9.53 Å². The fraction of sp³-hybridized carbons (Fsp3) is 0.462. The first-order valence-corrected chi connectivity index (χ1v) is 5.84. The van der Waals surface area contributed by atoms with Gasteiger partial charge >= 0.3 is 5.97 Å². The zero-order valence-corrected chi connectivity index (χ0v) is 10.9. The summed E-state index contributed by atoms with van der Waals surface area (Å²) in [4.78, 5) is 11.2. The molecule has 100 valence electrons. The fourth-order valence-corrected chi connectivity index (χ4v) is 1.53. The Morgan fingerprint density at radius 1 is 1.50 bits per heavy atom. The third-order valence-electron chi connectivity index (χ3n) is 2.56. The van der Waals surface area contributed by atoms with Crippen molar-refractivity contribution in [1.82, 2.24) is 5.32 Å². The molecule has 0 aliphatic heterocycles. The van der Waals surface area contributed by atoms with Gasteiger partial charge in [0.15, 0.2) is 11.5 Å². The molecule has 18 heavy (non-hydrogen) atoms. The quantitative estimate of drug-likeness (QED) is 0.754. The van der Waals surface area contributed by atoms with E-state index in [1.807, 2.05) is 6.92 Å². The minimum Gasteiger partial charge on any atom is -0.504 e. The molecule has 0 spiro atoms. The molecule has 1 aromatic rings. The third kappa shape index (κ3) is 3.92. The van der Waals surface area contributed by atoms with E-state index in [1.54, 1.807) is 25.1 Å². The second-order valence-electron chi connectivity index (χ2n) is 3.84. The molecule has 0 aromatic heterocycles. The van der Waals surface area contributed by atoms with Crippen molar-refractivity contribution in [3.05, 3.63) is 23.8 Å². The number of benzene rings is 1. The lowest BCUT2D eigenvalue weighted by atomic mass is 10.1. The van der Waals surface area contributed by atoms with Crippen molar-refractivity contribution in [3.63, 3.8) is 0 Å². The predicted octanol–water partition coefficient (Wildman–Crippen LogP) is 1.61. The van der Waals surface area contributed by atoms with Gasteiger partial charge in [0.2, 0.25) is 0 Å². The highest BCUT2D eigenvalue weighted by Gasteiger charge is 2.10. The summed E-state index contributed by atoms with van der Waals surface area (Å²) in [6, 6.07) is 5.04. The Bertz CT molecular complexity index is 406. The van der Waals surface area contributed by atoms with Crippen LogP contribution in [0.3, 0.4) is 0 Å². The highest BCUT2D eigenvalue weighted by Crippen LogP contribution is 2.28. The van der Waals surface area contributed by atoms with Gasteiger partial charge in [-0.25, -0.2) is 0 Å². The number of carbonyl (C=O) groups is 1. The first kappa shape index (κ1) is 14.3. The van der Waals surface area contributed by atoms with Crippen molar-refractivity contribution in [2.45, 2.75) is 19.9 Å². The molecule has 1 atom stereocenters. The van der Waals surface area contributed by atoms with Crippen molar-refractivity contribution in [2.75, 3.05) is 20.3 Å². The maximum absolute atomic E-state index is 11.2. The Labute approximate surface area is 107 Å². The predicted molar refractivity (Wildman–Crippen MR) is 67.7 cm³/mol. The summed E-state index contributed by atoms with van der Waals surface area (Å²) in [6.07, 6.45) is 0. The van der Waals surface area contributed by atoms with Crippen LogP contribution in [-0.4, -0.2) is 31.3 Å². The standard InChI is InChI=1S/C13H19NO4/c1-4-18-13(16)8-14-9(2)10-5-6-11(15)12(7-10)17-3/h5-7,9,14-15H,4,8H2,1-3H3. The van der Waals surface area contributed by atoms with Crippen LogP contribution in [0, 0.1) is 0 Å². The molecular formula is C13H19NO4. The largest absolute Gasteiger partial charge is 0.504 e. The summed E-state index contributed by atoms with van der Waals surface area (Å²) < 4.78 is 9.86. The van der Waals surface area contributed by atoms with Crippen molar-refractivity contribution in [1.29, 1.82) is 0 Å². The Balaban J connectivity index is 2.61. The van der Waals surface area contributed by atoms with E-state index in [-0.39, 0.29) is 24.3 Å². The topological polar surface area (TPSA) is 67.8 Å². The summed E-state index contributed by atoms with van der Waals surface area (Å²) in [7, 11) is 1.50. The van der Waals surface area contributed by atoms with E-state index >= 15 is 0 Å². The number of nitrogens with one attached hydrogen (secondary N) is 1. The van der Waals surface area contributed by atoms with Crippen LogP contribution in [0.25, 0.3) is 0 Å². The smallest absolute Gasteiger partial charge is 0.319 e. The lowest BCUT2D eigenvalue weighted by Gasteiger charge is -2.15. The van der Waals surface area contributed by atoms with Crippen LogP contribution >= 0.6 is 0 Å². The molecule has 0 saturated carbocycles. The van der Waals surface area contributed by atoms with Crippen LogP contribution in [0.2, 0.25) is 0 Å². The number of hydrogen-bond donors (Lipinski definition) is 2. The third-order valence-corrected chi connectivity index (χ3v) is 2.56. The van der Waals surface area contributed by atoms with Gasteiger partial charge in [-0.05, 0) is 31.5 Å². The highest BCUT2D eigenvalue weighted by molar-refractivity contribution is 5.71. The Morgan fingerprint density at radius 3 is 2.83 bits per heavy atom. The number of methoxy groups -OCH3 is 1. The van der Waals surface area contributed by atoms with Gasteiger partial charge in [0, 0.05) is 6.04 Å². The maximum atomic E-state index is 11.2. The minimum absolute atomic E-state index is 0.0380. The van der Waals surface area contributed by atoms with Crippen LogP contribution < -0.4 is 10.1 Å². The van der Waals surface area contributed by atoms with Gasteiger partial charge in [-0.2, -0.15) is 0 Å². The number of hydrogen-bond acceptors (Lipinski definition) is 5. The van der Waals surface area contributed by atoms with E-state index in [0.29, 0.717) is 12.4 Å². The molecule has 2 N–H and O–H groups in total. The molecule has 0 fully saturated rings. The molecule has 0 amide bonds. The van der Waals surface area contributed by atoms with Crippen molar-refractivity contribution in [2.24, 2.45) is 0 Å². The molecule has 1 rings (SSSR count). The minimum atomic E-state index is -0.282. The Kier molecular flexibility index (Phi) is 5.45. The summed E-state index contributed by atoms with van der Waals surface area (Å²) in [5, 5.41) is 12.5. The zero-order chi connectivity index (χ0) is 13.5. The average molecular weight is 253 g/mol. The Morgan fingerprint density at radius 2 is 2.22 bits per heavy atom. The van der Waals surface area contributed by atoms with Crippen LogP contribution in [0.4, 0.5) is 0 Å². The van der Waals surface area contributed by atoms with E-state index in [2.05, 4.69) is 5.32 Å². The van der Waals surface area contributed by atoms with Crippen LogP contribution in [0.15, 0.2) is 18.2 Å². The monoisotopic (exact) mass is 253 g/mol. The Hall–Kier alpha value is -1.75. The average Bonchev–Trinajstić information content (AvgIpc) is 2.37. The number of esters is 1. The zero-order valence-electron chi connectivity index (χ0n) is 10.9. The van der Waals surface area contributed by atoms with Crippen LogP contribution in [0.5, 0.6) is 11.5 Å². The van der Waals surface area contributed by atoms with E-state index in [9.17, 15) is 9.90 Å². The SMILES string of the molecule is CCOC(=O)CNC(C)c1ccc(O)c(OC)c1. The van der Waals surface area contributed by atoms with Crippen molar-refractivity contribution < 1.29 is 19.4 Å². The van der Waals surface area contributed by atoms with E-state index < -0.39 is 0 Å². The van der Waals surface area contributed by atoms with Gasteiger partial charge in [-0.3, -0.25) is 4.79 Å². The molecule has 0 heterocycles. The van der Waals surface area contributed by atoms with Gasteiger partial charge in [-0.1, -0.05) is 6.07 Å². The number of phenolic OH excluding ortho intramolecular Hbond substituents is 1. The molecule has 0 saturated heterocycles. The lowest BCUT2D eigenvalue weighted by molar-refractivity contribution is -0.142. The van der Waals surface area contributed by atoms with E-state index in [0.717, 1.165) is 5.56 Å². The number of ether oxygens (including phenoxy) is 2. The second kappa shape index (κ2) is 6.86. The summed E-state index contributed by atoms with van der Waals surface area (Å²) in [5.41, 5.74) is 0.925. The highest BCUT2D eigenvalue weighted by atomic mass is 16.5. The van der Waals surface area contributed by atoms with Crippen molar-refractivity contribution >= 4 is 5.97 Å². The van der Waals surface area contributed by atoms with E-state index in [4.69, 9.17) is 9.47 Å². The fourth-order valence-electron chi connectivity index (χ4n) is 1.53. The molecule has 0 bridgehead atoms. The molecule has 5 nitrogen and oxygen atoms in total. The number of rotatable bonds is 6. The molecule has 1 unspecified atom stereocenters. The normalized spacial score (nSPS) is 11.9. The van der Waals surface area contributed by atoms with Gasteiger partial charge in [0.25, 0.3) is 0 Å². The van der Waals surface area contributed by atoms with Gasteiger partial charge < -0.3 is 19.9 Å². The molecule has 1 aromatic carbocycles. The summed E-state index contributed by atoms with van der Waals surface area (Å²) in [6.45, 7) is 4.22. The lowest BCUT2D eigenvalue weighted by Crippen LogP contribution is -2.27. The molecular weight excluding hydrogens is 234 g/mol. The van der Waals surface area contributed by atoms with Gasteiger partial charge in [0.05, 0.1) is 20.3 Å². The molecule has 0 aliphatic carbocycles.